The van der Waals surface area contributed by atoms with Crippen molar-refractivity contribution in [2.45, 2.75) is 52.5 Å². The Morgan fingerprint density at radius 1 is 0.889 bits per heavy atom. The van der Waals surface area contributed by atoms with Crippen LogP contribution in [-0.2, 0) is 5.41 Å². The summed E-state index contributed by atoms with van der Waals surface area (Å²) in [5.41, 5.74) is 4.36. The molecule has 2 aromatic carbocycles. The van der Waals surface area contributed by atoms with Gasteiger partial charge in [0.2, 0.25) is 0 Å². The maximum atomic E-state index is 13.0. The van der Waals surface area contributed by atoms with Crippen molar-refractivity contribution >= 4 is 27.7 Å². The first-order chi connectivity index (χ1) is 12.4. The fraction of sp³-hybridized carbons (Fsp3) is 0.364. The van der Waals surface area contributed by atoms with Gasteiger partial charge in [0.15, 0.2) is 0 Å². The molecule has 4 nitrogen and oxygen atoms in total. The van der Waals surface area contributed by atoms with E-state index in [1.807, 2.05) is 39.0 Å². The molecule has 1 N–H and O–H groups in total. The molecule has 0 aliphatic carbocycles. The molecule has 27 heavy (non-hydrogen) atoms. The van der Waals surface area contributed by atoms with Crippen molar-refractivity contribution < 1.29 is 9.59 Å². The highest BCUT2D eigenvalue weighted by molar-refractivity contribution is 9.10. The molecule has 2 aromatic rings. The van der Waals surface area contributed by atoms with Gasteiger partial charge in [0.05, 0.1) is 11.1 Å². The maximum absolute atomic E-state index is 13.0. The van der Waals surface area contributed by atoms with Gasteiger partial charge in [0.25, 0.3) is 11.8 Å². The number of nitrogens with zero attached hydrogens (tertiary/aromatic N) is 1. The Hall–Kier alpha value is -2.14. The highest BCUT2D eigenvalue weighted by Gasteiger charge is 2.30. The second kappa shape index (κ2) is 7.85. The summed E-state index contributed by atoms with van der Waals surface area (Å²) in [6, 6.07) is 14.7. The summed E-state index contributed by atoms with van der Waals surface area (Å²) in [5, 5.41) is 1.38. The predicted octanol–water partition coefficient (Wildman–Crippen LogP) is 5.33. The Morgan fingerprint density at radius 2 is 1.44 bits per heavy atom. The molecule has 0 radical (unpaired) electrons. The van der Waals surface area contributed by atoms with Crippen molar-refractivity contribution in [2.24, 2.45) is 0 Å². The van der Waals surface area contributed by atoms with Crippen molar-refractivity contribution in [3.63, 3.8) is 0 Å². The molecule has 0 spiro atoms. The lowest BCUT2D eigenvalue weighted by molar-refractivity contribution is 0.0358. The topological polar surface area (TPSA) is 49.4 Å². The summed E-state index contributed by atoms with van der Waals surface area (Å²) in [4.78, 5) is 25.8. The van der Waals surface area contributed by atoms with Crippen molar-refractivity contribution in [1.29, 1.82) is 0 Å². The molecule has 0 atom stereocenters. The van der Waals surface area contributed by atoms with Gasteiger partial charge in [0.1, 0.15) is 0 Å². The first-order valence-corrected chi connectivity index (χ1v) is 9.71. The van der Waals surface area contributed by atoms with Gasteiger partial charge in [-0.05, 0) is 71.9 Å². The van der Waals surface area contributed by atoms with Crippen LogP contribution in [0.2, 0.25) is 0 Å². The van der Waals surface area contributed by atoms with Crippen LogP contribution in [0.5, 0.6) is 0 Å². The molecule has 0 unspecified atom stereocenters. The zero-order chi connectivity index (χ0) is 20.4. The van der Waals surface area contributed by atoms with Crippen molar-refractivity contribution in [3.05, 3.63) is 69.7 Å². The van der Waals surface area contributed by atoms with Crippen LogP contribution < -0.4 is 5.43 Å². The van der Waals surface area contributed by atoms with Crippen LogP contribution in [0.25, 0.3) is 0 Å². The van der Waals surface area contributed by atoms with Gasteiger partial charge in [-0.25, -0.2) is 5.01 Å². The van der Waals surface area contributed by atoms with Crippen LogP contribution in [0, 0.1) is 0 Å². The molecule has 2 amide bonds. The van der Waals surface area contributed by atoms with E-state index < -0.39 is 5.54 Å². The maximum Gasteiger partial charge on any atom is 0.273 e. The molecule has 0 fully saturated rings. The fourth-order valence-corrected chi connectivity index (χ4v) is 3.02. The minimum absolute atomic E-state index is 0.0159. The summed E-state index contributed by atoms with van der Waals surface area (Å²) in [7, 11) is 0. The molecular formula is C22H27BrN2O2. The van der Waals surface area contributed by atoms with E-state index in [-0.39, 0.29) is 17.2 Å². The smallest absolute Gasteiger partial charge is 0.267 e. The monoisotopic (exact) mass is 430 g/mol. The standard InChI is InChI=1S/C22H27BrN2O2/c1-21(2,3)16-13-11-15(12-14-16)19(26)24-25(22(4,5)6)20(27)17-9-7-8-10-18(17)23/h7-14H,1-6H3,(H,24,26). The molecule has 5 heteroatoms. The van der Waals surface area contributed by atoms with Crippen molar-refractivity contribution in [2.75, 3.05) is 0 Å². The Bertz CT molecular complexity index is 831. The van der Waals surface area contributed by atoms with Crippen LogP contribution in [-0.4, -0.2) is 22.4 Å². The average molecular weight is 431 g/mol. The van der Waals surface area contributed by atoms with E-state index in [4.69, 9.17) is 0 Å². The van der Waals surface area contributed by atoms with E-state index in [0.29, 0.717) is 15.6 Å². The summed E-state index contributed by atoms with van der Waals surface area (Å²) in [5.74, 6) is -0.583. The van der Waals surface area contributed by atoms with E-state index >= 15 is 0 Å². The van der Waals surface area contributed by atoms with Gasteiger partial charge >= 0.3 is 0 Å². The number of halogens is 1. The van der Waals surface area contributed by atoms with Gasteiger partial charge in [-0.15, -0.1) is 0 Å². The average Bonchev–Trinajstić information content (AvgIpc) is 2.57. The summed E-state index contributed by atoms with van der Waals surface area (Å²) >= 11 is 3.41. The Labute approximate surface area is 170 Å². The number of amides is 2. The van der Waals surface area contributed by atoms with Crippen LogP contribution in [0.3, 0.4) is 0 Å². The lowest BCUT2D eigenvalue weighted by Gasteiger charge is -2.35. The summed E-state index contributed by atoms with van der Waals surface area (Å²) in [6.45, 7) is 12.0. The predicted molar refractivity (Wildman–Crippen MR) is 113 cm³/mol. The molecule has 144 valence electrons. The van der Waals surface area contributed by atoms with E-state index in [9.17, 15) is 9.59 Å². The molecule has 0 heterocycles. The lowest BCUT2D eigenvalue weighted by Crippen LogP contribution is -2.56. The zero-order valence-electron chi connectivity index (χ0n) is 16.8. The summed E-state index contributed by atoms with van der Waals surface area (Å²) < 4.78 is 0.688. The number of hydrogen-bond donors (Lipinski definition) is 1. The van der Waals surface area contributed by atoms with Crippen molar-refractivity contribution in [1.82, 2.24) is 10.4 Å². The van der Waals surface area contributed by atoms with Gasteiger partial charge in [-0.3, -0.25) is 15.0 Å². The van der Waals surface area contributed by atoms with Gasteiger partial charge in [-0.1, -0.05) is 45.0 Å². The van der Waals surface area contributed by atoms with Gasteiger partial charge in [0, 0.05) is 10.0 Å². The molecule has 0 aliphatic rings. The van der Waals surface area contributed by atoms with Gasteiger partial charge < -0.3 is 0 Å². The summed E-state index contributed by atoms with van der Waals surface area (Å²) in [6.07, 6.45) is 0. The van der Waals surface area contributed by atoms with Crippen LogP contribution in [0.4, 0.5) is 0 Å². The normalized spacial score (nSPS) is 11.8. The second-order valence-electron chi connectivity index (χ2n) is 8.56. The number of carbonyl (C=O) groups is 2. The molecule has 0 bridgehead atoms. The Kier molecular flexibility index (Phi) is 6.15. The largest absolute Gasteiger partial charge is 0.273 e. The van der Waals surface area contributed by atoms with Crippen LogP contribution in [0.1, 0.15) is 67.8 Å². The molecule has 0 aliphatic heterocycles. The van der Waals surface area contributed by atoms with E-state index in [2.05, 4.69) is 42.1 Å². The lowest BCUT2D eigenvalue weighted by atomic mass is 9.87. The molecule has 2 rings (SSSR count). The third-order valence-corrected chi connectivity index (χ3v) is 4.90. The first kappa shape index (κ1) is 21.2. The molecule has 0 saturated heterocycles. The number of carbonyl (C=O) groups excluding carboxylic acids is 2. The van der Waals surface area contributed by atoms with Crippen LogP contribution >= 0.6 is 15.9 Å². The number of hydrogen-bond acceptors (Lipinski definition) is 2. The van der Waals surface area contributed by atoms with Crippen LogP contribution in [0.15, 0.2) is 53.0 Å². The molecular weight excluding hydrogens is 404 g/mol. The number of hydrazine groups is 1. The third-order valence-electron chi connectivity index (χ3n) is 4.20. The molecule has 0 saturated carbocycles. The van der Waals surface area contributed by atoms with E-state index in [1.54, 1.807) is 30.3 Å². The zero-order valence-corrected chi connectivity index (χ0v) is 18.3. The number of nitrogens with one attached hydrogen (secondary N) is 1. The quantitative estimate of drug-likeness (QED) is 0.654. The minimum atomic E-state index is -0.590. The third kappa shape index (κ3) is 5.19. The Balaban J connectivity index is 2.28. The van der Waals surface area contributed by atoms with Crippen molar-refractivity contribution in [3.8, 4) is 0 Å². The fourth-order valence-electron chi connectivity index (χ4n) is 2.57. The highest BCUT2D eigenvalue weighted by atomic mass is 79.9. The SMILES string of the molecule is CC(C)(C)c1ccc(C(=O)NN(C(=O)c2ccccc2Br)C(C)(C)C)cc1. The van der Waals surface area contributed by atoms with E-state index in [0.717, 1.165) is 5.56 Å². The van der Waals surface area contributed by atoms with Gasteiger partial charge in [-0.2, -0.15) is 0 Å². The molecule has 0 aromatic heterocycles. The number of rotatable bonds is 2. The first-order valence-electron chi connectivity index (χ1n) is 8.92. The second-order valence-corrected chi connectivity index (χ2v) is 9.41. The van der Waals surface area contributed by atoms with E-state index in [1.165, 1.54) is 5.01 Å². The minimum Gasteiger partial charge on any atom is -0.267 e. The number of benzene rings is 2. The Morgan fingerprint density at radius 3 is 1.93 bits per heavy atom. The highest BCUT2D eigenvalue weighted by Crippen LogP contribution is 2.23.